The predicted octanol–water partition coefficient (Wildman–Crippen LogP) is 4.92. The summed E-state index contributed by atoms with van der Waals surface area (Å²) in [5.41, 5.74) is 1.35. The minimum absolute atomic E-state index is 0.0958. The monoisotopic (exact) mass is 386 g/mol. The normalized spacial score (nSPS) is 29.0. The lowest BCUT2D eigenvalue weighted by atomic mass is 9.83. The molecule has 4 atom stereocenters. The molecule has 1 unspecified atom stereocenters. The number of pyridine rings is 1. The summed E-state index contributed by atoms with van der Waals surface area (Å²) in [5.74, 6) is 1.15. The zero-order chi connectivity index (χ0) is 19.0. The van der Waals surface area contributed by atoms with Crippen molar-refractivity contribution in [2.75, 3.05) is 19.6 Å². The van der Waals surface area contributed by atoms with E-state index in [9.17, 15) is 9.50 Å². The number of benzene rings is 1. The largest absolute Gasteiger partial charge is 0.506 e. The van der Waals surface area contributed by atoms with Crippen molar-refractivity contribution in [3.63, 3.8) is 0 Å². The second kappa shape index (κ2) is 7.44. The van der Waals surface area contributed by atoms with Gasteiger partial charge in [0.1, 0.15) is 11.6 Å². The summed E-state index contributed by atoms with van der Waals surface area (Å²) in [6.07, 6.45) is 3.84. The van der Waals surface area contributed by atoms with E-state index < -0.39 is 0 Å². The molecule has 3 nitrogen and oxygen atoms in total. The highest BCUT2D eigenvalue weighted by molar-refractivity contribution is 8.00. The molecule has 1 aliphatic carbocycles. The van der Waals surface area contributed by atoms with Crippen molar-refractivity contribution < 1.29 is 9.50 Å². The number of aromatic hydroxyl groups is 1. The van der Waals surface area contributed by atoms with E-state index in [2.05, 4.69) is 23.7 Å². The third-order valence-corrected chi connectivity index (χ3v) is 7.51. The van der Waals surface area contributed by atoms with Crippen molar-refractivity contribution >= 4 is 11.8 Å². The Morgan fingerprint density at radius 1 is 1.33 bits per heavy atom. The van der Waals surface area contributed by atoms with Crippen molar-refractivity contribution in [2.45, 2.75) is 42.8 Å². The number of hydrogen-bond acceptors (Lipinski definition) is 4. The molecule has 2 fully saturated rings. The van der Waals surface area contributed by atoms with Crippen LogP contribution < -0.4 is 0 Å². The summed E-state index contributed by atoms with van der Waals surface area (Å²) in [6, 6.07) is 10.8. The number of hydrogen-bond donors (Lipinski definition) is 1. The Hall–Kier alpha value is -1.59. The average molecular weight is 387 g/mol. The summed E-state index contributed by atoms with van der Waals surface area (Å²) in [5, 5.41) is 9.92. The first-order valence-corrected chi connectivity index (χ1v) is 10.6. The van der Waals surface area contributed by atoms with Gasteiger partial charge >= 0.3 is 0 Å². The van der Waals surface area contributed by atoms with E-state index in [4.69, 9.17) is 0 Å². The molecule has 1 saturated heterocycles. The van der Waals surface area contributed by atoms with Gasteiger partial charge in [0.15, 0.2) is 0 Å². The van der Waals surface area contributed by atoms with Gasteiger partial charge in [-0.15, -0.1) is 11.8 Å². The summed E-state index contributed by atoms with van der Waals surface area (Å²) < 4.78 is 14.0. The molecular formula is C22H27FN2OS. The molecule has 1 aromatic carbocycles. The predicted molar refractivity (Wildman–Crippen MR) is 108 cm³/mol. The Morgan fingerprint density at radius 3 is 2.85 bits per heavy atom. The Bertz CT molecular complexity index is 799. The van der Waals surface area contributed by atoms with E-state index in [1.165, 1.54) is 6.20 Å². The Kier molecular flexibility index (Phi) is 5.17. The van der Waals surface area contributed by atoms with Gasteiger partial charge in [-0.1, -0.05) is 26.0 Å². The minimum atomic E-state index is -0.0958. The number of nitrogens with zero attached hydrogens (tertiary/aromatic N) is 2. The Morgan fingerprint density at radius 2 is 2.15 bits per heavy atom. The Labute approximate surface area is 165 Å². The van der Waals surface area contributed by atoms with Crippen LogP contribution in [0, 0.1) is 17.2 Å². The first-order chi connectivity index (χ1) is 12.9. The lowest BCUT2D eigenvalue weighted by molar-refractivity contribution is 0.258. The van der Waals surface area contributed by atoms with Crippen LogP contribution in [0.25, 0.3) is 0 Å². The van der Waals surface area contributed by atoms with E-state index in [1.54, 1.807) is 30.0 Å². The molecule has 5 heteroatoms. The zero-order valence-electron chi connectivity index (χ0n) is 15.9. The topological polar surface area (TPSA) is 36.4 Å². The minimum Gasteiger partial charge on any atom is -0.506 e. The van der Waals surface area contributed by atoms with Gasteiger partial charge in [0.25, 0.3) is 0 Å². The maximum absolute atomic E-state index is 14.0. The maximum atomic E-state index is 14.0. The van der Waals surface area contributed by atoms with E-state index >= 15 is 0 Å². The van der Waals surface area contributed by atoms with E-state index in [-0.39, 0.29) is 11.6 Å². The number of likely N-dealkylation sites (tertiary alicyclic amines) is 1. The molecule has 2 heterocycles. The zero-order valence-corrected chi connectivity index (χ0v) is 16.8. The number of rotatable bonds is 5. The standard InChI is InChI=1S/C22H27FN2OS/c1-15(20-8-7-17(26)11-24-20)12-25-13-16-9-18(10-22(16,2)14-25)27-21-6-4-3-5-19(21)23/h3-8,11,15-16,18,26H,9-10,12-14H2,1-2H3/t15?,16-,18+,22+/m1/s1. The van der Waals surface area contributed by atoms with Crippen LogP contribution in [0.5, 0.6) is 5.75 Å². The molecule has 0 radical (unpaired) electrons. The second-order valence-corrected chi connectivity index (χ2v) is 9.84. The van der Waals surface area contributed by atoms with Gasteiger partial charge in [0, 0.05) is 41.4 Å². The van der Waals surface area contributed by atoms with Crippen LogP contribution >= 0.6 is 11.8 Å². The molecule has 0 spiro atoms. The first-order valence-electron chi connectivity index (χ1n) is 9.71. The summed E-state index contributed by atoms with van der Waals surface area (Å²) in [4.78, 5) is 7.71. The number of aromatic nitrogens is 1. The molecule has 2 aromatic rings. The van der Waals surface area contributed by atoms with Gasteiger partial charge in [0.05, 0.1) is 6.20 Å². The molecule has 27 heavy (non-hydrogen) atoms. The second-order valence-electron chi connectivity index (χ2n) is 8.50. The van der Waals surface area contributed by atoms with Crippen molar-refractivity contribution in [1.29, 1.82) is 0 Å². The molecule has 0 amide bonds. The van der Waals surface area contributed by atoms with Crippen LogP contribution in [0.3, 0.4) is 0 Å². The SMILES string of the molecule is CC(CN1C[C@H]2C[C@H](Sc3ccccc3F)C[C@@]2(C)C1)c1ccc(O)cn1. The van der Waals surface area contributed by atoms with Gasteiger partial charge in [0.2, 0.25) is 0 Å². The fourth-order valence-electron chi connectivity index (χ4n) is 4.87. The number of thioether (sulfide) groups is 1. The highest BCUT2D eigenvalue weighted by Gasteiger charge is 2.49. The third-order valence-electron chi connectivity index (χ3n) is 6.23. The van der Waals surface area contributed by atoms with Crippen molar-refractivity contribution in [3.05, 3.63) is 54.1 Å². The average Bonchev–Trinajstić information content (AvgIpc) is 3.07. The van der Waals surface area contributed by atoms with Gasteiger partial charge < -0.3 is 10.0 Å². The first kappa shape index (κ1) is 18.8. The molecule has 4 rings (SSSR count). The van der Waals surface area contributed by atoms with Crippen LogP contribution in [0.1, 0.15) is 38.3 Å². The van der Waals surface area contributed by atoms with Gasteiger partial charge in [-0.05, 0) is 48.4 Å². The molecule has 1 saturated carbocycles. The van der Waals surface area contributed by atoms with E-state index in [1.807, 2.05) is 18.2 Å². The van der Waals surface area contributed by atoms with Gasteiger partial charge in [-0.25, -0.2) is 4.39 Å². The van der Waals surface area contributed by atoms with Crippen LogP contribution in [0.2, 0.25) is 0 Å². The lowest BCUT2D eigenvalue weighted by Crippen LogP contribution is -2.29. The molecule has 2 aliphatic rings. The van der Waals surface area contributed by atoms with Crippen molar-refractivity contribution in [3.8, 4) is 5.75 Å². The van der Waals surface area contributed by atoms with Crippen LogP contribution in [-0.4, -0.2) is 39.9 Å². The van der Waals surface area contributed by atoms with Crippen LogP contribution in [-0.2, 0) is 0 Å². The van der Waals surface area contributed by atoms with Crippen molar-refractivity contribution in [2.24, 2.45) is 11.3 Å². The summed E-state index contributed by atoms with van der Waals surface area (Å²) >= 11 is 1.72. The summed E-state index contributed by atoms with van der Waals surface area (Å²) in [6.45, 7) is 7.83. The number of halogens is 1. The quantitative estimate of drug-likeness (QED) is 0.791. The summed E-state index contributed by atoms with van der Waals surface area (Å²) in [7, 11) is 0. The molecule has 0 bridgehead atoms. The fourth-order valence-corrected chi connectivity index (χ4v) is 6.36. The molecule has 1 aliphatic heterocycles. The molecule has 1 N–H and O–H groups in total. The molecular weight excluding hydrogens is 359 g/mol. The third kappa shape index (κ3) is 3.99. The molecule has 1 aromatic heterocycles. The van der Waals surface area contributed by atoms with Crippen LogP contribution in [0.4, 0.5) is 4.39 Å². The maximum Gasteiger partial charge on any atom is 0.136 e. The highest BCUT2D eigenvalue weighted by Crippen LogP contribution is 2.53. The molecule has 144 valence electrons. The van der Waals surface area contributed by atoms with Gasteiger partial charge in [-0.3, -0.25) is 4.98 Å². The smallest absolute Gasteiger partial charge is 0.136 e. The Balaban J connectivity index is 1.35. The lowest BCUT2D eigenvalue weighted by Gasteiger charge is -2.26. The highest BCUT2D eigenvalue weighted by atomic mass is 32.2. The van der Waals surface area contributed by atoms with Gasteiger partial charge in [-0.2, -0.15) is 0 Å². The van der Waals surface area contributed by atoms with E-state index in [0.717, 1.165) is 43.1 Å². The van der Waals surface area contributed by atoms with Crippen LogP contribution in [0.15, 0.2) is 47.5 Å². The number of fused-ring (bicyclic) bond motifs is 1. The fraction of sp³-hybridized carbons (Fsp3) is 0.500. The van der Waals surface area contributed by atoms with Crippen molar-refractivity contribution in [1.82, 2.24) is 9.88 Å². The van der Waals surface area contributed by atoms with E-state index in [0.29, 0.717) is 22.5 Å².